The van der Waals surface area contributed by atoms with Crippen LogP contribution in [0.5, 0.6) is 5.75 Å². The van der Waals surface area contributed by atoms with Gasteiger partial charge in [0.15, 0.2) is 6.10 Å². The SMILES string of the molecule is CSc1ccc(OC(C)C(=O)N2C[C@@H](N)[C@H](c3ccccc3)C2)cc1.Cl. The monoisotopic (exact) mass is 392 g/mol. The predicted molar refractivity (Wildman–Crippen MR) is 109 cm³/mol. The lowest BCUT2D eigenvalue weighted by molar-refractivity contribution is -0.136. The van der Waals surface area contributed by atoms with Crippen molar-refractivity contribution in [1.82, 2.24) is 4.90 Å². The van der Waals surface area contributed by atoms with Crippen LogP contribution in [0.1, 0.15) is 18.4 Å². The molecule has 1 unspecified atom stereocenters. The van der Waals surface area contributed by atoms with Gasteiger partial charge in [0, 0.05) is 29.9 Å². The second-order valence-corrected chi connectivity index (χ2v) is 7.24. The zero-order chi connectivity index (χ0) is 17.8. The Kier molecular flexibility index (Phi) is 7.38. The zero-order valence-electron chi connectivity index (χ0n) is 15.0. The first-order chi connectivity index (χ1) is 12.1. The lowest BCUT2D eigenvalue weighted by Crippen LogP contribution is -2.40. The Bertz CT molecular complexity index is 712. The first kappa shape index (κ1) is 20.6. The molecule has 2 N–H and O–H groups in total. The van der Waals surface area contributed by atoms with Gasteiger partial charge >= 0.3 is 0 Å². The topological polar surface area (TPSA) is 55.6 Å². The lowest BCUT2D eigenvalue weighted by atomic mass is 9.95. The first-order valence-electron chi connectivity index (χ1n) is 8.48. The molecule has 1 heterocycles. The third-order valence-corrected chi connectivity index (χ3v) is 5.37. The molecule has 1 fully saturated rings. The molecule has 4 nitrogen and oxygen atoms in total. The number of carbonyl (C=O) groups is 1. The minimum atomic E-state index is -0.526. The first-order valence-corrected chi connectivity index (χ1v) is 9.71. The van der Waals surface area contributed by atoms with Gasteiger partial charge in [-0.1, -0.05) is 30.3 Å². The fourth-order valence-electron chi connectivity index (χ4n) is 3.23. The summed E-state index contributed by atoms with van der Waals surface area (Å²) >= 11 is 1.68. The second-order valence-electron chi connectivity index (χ2n) is 6.36. The van der Waals surface area contributed by atoms with E-state index < -0.39 is 6.10 Å². The van der Waals surface area contributed by atoms with Gasteiger partial charge in [0.25, 0.3) is 5.91 Å². The Hall–Kier alpha value is -1.69. The molecule has 2 aromatic carbocycles. The number of nitrogens with two attached hydrogens (primary N) is 1. The highest BCUT2D eigenvalue weighted by atomic mass is 35.5. The van der Waals surface area contributed by atoms with Crippen LogP contribution in [0.15, 0.2) is 59.5 Å². The molecule has 3 atom stereocenters. The third kappa shape index (κ3) is 4.72. The highest BCUT2D eigenvalue weighted by molar-refractivity contribution is 7.98. The van der Waals surface area contributed by atoms with Gasteiger partial charge in [0.2, 0.25) is 0 Å². The number of rotatable bonds is 5. The van der Waals surface area contributed by atoms with Gasteiger partial charge in [-0.25, -0.2) is 0 Å². The fourth-order valence-corrected chi connectivity index (χ4v) is 3.64. The summed E-state index contributed by atoms with van der Waals surface area (Å²) in [5.41, 5.74) is 7.47. The lowest BCUT2D eigenvalue weighted by Gasteiger charge is -2.22. The molecule has 1 saturated heterocycles. The highest BCUT2D eigenvalue weighted by Crippen LogP contribution is 2.27. The number of ether oxygens (including phenoxy) is 1. The molecule has 0 aromatic heterocycles. The van der Waals surface area contributed by atoms with Gasteiger partial charge in [-0.3, -0.25) is 4.79 Å². The summed E-state index contributed by atoms with van der Waals surface area (Å²) in [6.07, 6.45) is 1.50. The molecule has 0 radical (unpaired) electrons. The molecule has 0 bridgehead atoms. The number of hydrogen-bond donors (Lipinski definition) is 1. The van der Waals surface area contributed by atoms with Crippen molar-refractivity contribution in [2.45, 2.75) is 29.9 Å². The van der Waals surface area contributed by atoms with Crippen LogP contribution in [-0.2, 0) is 4.79 Å². The van der Waals surface area contributed by atoms with Gasteiger partial charge in [-0.2, -0.15) is 0 Å². The number of halogens is 1. The van der Waals surface area contributed by atoms with Crippen LogP contribution in [0, 0.1) is 0 Å². The van der Waals surface area contributed by atoms with E-state index in [1.54, 1.807) is 18.7 Å². The normalized spacial score (nSPS) is 20.3. The number of likely N-dealkylation sites (tertiary alicyclic amines) is 1. The third-order valence-electron chi connectivity index (χ3n) is 4.62. The van der Waals surface area contributed by atoms with Crippen molar-refractivity contribution in [1.29, 1.82) is 0 Å². The maximum Gasteiger partial charge on any atom is 0.263 e. The van der Waals surface area contributed by atoms with E-state index in [1.807, 2.05) is 53.6 Å². The molecule has 0 saturated carbocycles. The summed E-state index contributed by atoms with van der Waals surface area (Å²) < 4.78 is 5.82. The van der Waals surface area contributed by atoms with E-state index in [-0.39, 0.29) is 30.3 Å². The average Bonchev–Trinajstić information content (AvgIpc) is 3.04. The van der Waals surface area contributed by atoms with Gasteiger partial charge < -0.3 is 15.4 Å². The van der Waals surface area contributed by atoms with Crippen LogP contribution < -0.4 is 10.5 Å². The van der Waals surface area contributed by atoms with E-state index in [1.165, 1.54) is 10.5 Å². The van der Waals surface area contributed by atoms with Crippen molar-refractivity contribution in [3.8, 4) is 5.75 Å². The molecule has 0 spiro atoms. The van der Waals surface area contributed by atoms with Crippen molar-refractivity contribution < 1.29 is 9.53 Å². The Morgan fingerprint density at radius 1 is 1.15 bits per heavy atom. The van der Waals surface area contributed by atoms with Gasteiger partial charge in [0.1, 0.15) is 5.75 Å². The van der Waals surface area contributed by atoms with Crippen molar-refractivity contribution >= 4 is 30.1 Å². The summed E-state index contributed by atoms with van der Waals surface area (Å²) in [6, 6.07) is 17.9. The van der Waals surface area contributed by atoms with Gasteiger partial charge in [-0.15, -0.1) is 24.2 Å². The van der Waals surface area contributed by atoms with E-state index in [9.17, 15) is 4.79 Å². The maximum atomic E-state index is 12.7. The van der Waals surface area contributed by atoms with Crippen LogP contribution in [0.2, 0.25) is 0 Å². The van der Waals surface area contributed by atoms with Crippen molar-refractivity contribution in [3.05, 3.63) is 60.2 Å². The molecule has 3 rings (SSSR count). The molecule has 1 aliphatic heterocycles. The molecule has 1 amide bonds. The molecule has 1 aliphatic rings. The Labute approximate surface area is 165 Å². The van der Waals surface area contributed by atoms with Crippen molar-refractivity contribution in [3.63, 3.8) is 0 Å². The Morgan fingerprint density at radius 3 is 2.42 bits per heavy atom. The number of hydrogen-bond acceptors (Lipinski definition) is 4. The summed E-state index contributed by atoms with van der Waals surface area (Å²) in [4.78, 5) is 15.7. The molecular formula is C20H25ClN2O2S. The average molecular weight is 393 g/mol. The Morgan fingerprint density at radius 2 is 1.81 bits per heavy atom. The Balaban J connectivity index is 0.00000243. The van der Waals surface area contributed by atoms with Crippen LogP contribution in [0.4, 0.5) is 0 Å². The number of thioether (sulfide) groups is 1. The quantitative estimate of drug-likeness (QED) is 0.790. The minimum absolute atomic E-state index is 0. The van der Waals surface area contributed by atoms with Crippen molar-refractivity contribution in [2.75, 3.05) is 19.3 Å². The summed E-state index contributed by atoms with van der Waals surface area (Å²) in [5.74, 6) is 0.878. The van der Waals surface area contributed by atoms with Gasteiger partial charge in [0.05, 0.1) is 0 Å². The van der Waals surface area contributed by atoms with E-state index >= 15 is 0 Å². The maximum absolute atomic E-state index is 12.7. The second kappa shape index (κ2) is 9.31. The van der Waals surface area contributed by atoms with Crippen molar-refractivity contribution in [2.24, 2.45) is 5.73 Å². The molecule has 26 heavy (non-hydrogen) atoms. The fraction of sp³-hybridized carbons (Fsp3) is 0.350. The molecule has 140 valence electrons. The summed E-state index contributed by atoms with van der Waals surface area (Å²) in [7, 11) is 0. The van der Waals surface area contributed by atoms with Crippen LogP contribution in [-0.4, -0.2) is 42.3 Å². The molecule has 6 heteroatoms. The molecular weight excluding hydrogens is 368 g/mol. The zero-order valence-corrected chi connectivity index (χ0v) is 16.6. The van der Waals surface area contributed by atoms with Crippen LogP contribution in [0.3, 0.4) is 0 Å². The predicted octanol–water partition coefficient (Wildman–Crippen LogP) is 3.55. The number of carbonyl (C=O) groups excluding carboxylic acids is 1. The molecule has 0 aliphatic carbocycles. The smallest absolute Gasteiger partial charge is 0.263 e. The van der Waals surface area contributed by atoms with E-state index in [0.29, 0.717) is 18.8 Å². The molecule has 2 aromatic rings. The van der Waals surface area contributed by atoms with Crippen LogP contribution in [0.25, 0.3) is 0 Å². The van der Waals surface area contributed by atoms with E-state index in [2.05, 4.69) is 12.1 Å². The number of amides is 1. The summed E-state index contributed by atoms with van der Waals surface area (Å²) in [6.45, 7) is 3.01. The van der Waals surface area contributed by atoms with Gasteiger partial charge in [-0.05, 0) is 43.0 Å². The number of benzene rings is 2. The van der Waals surface area contributed by atoms with E-state index in [4.69, 9.17) is 10.5 Å². The minimum Gasteiger partial charge on any atom is -0.481 e. The highest BCUT2D eigenvalue weighted by Gasteiger charge is 2.35. The standard InChI is InChI=1S/C20H24N2O2S.ClH/c1-14(24-16-8-10-17(25-2)11-9-16)20(23)22-12-18(19(21)13-22)15-6-4-3-5-7-15;/h3-11,14,18-19H,12-13,21H2,1-2H3;1H/t14?,18-,19+;/m0./s1. The number of nitrogens with zero attached hydrogens (tertiary/aromatic N) is 1. The largest absolute Gasteiger partial charge is 0.481 e. The van der Waals surface area contributed by atoms with E-state index in [0.717, 1.165) is 0 Å². The van der Waals surface area contributed by atoms with Crippen LogP contribution >= 0.6 is 24.2 Å². The summed E-state index contributed by atoms with van der Waals surface area (Å²) in [5, 5.41) is 0.